The summed E-state index contributed by atoms with van der Waals surface area (Å²) in [5, 5.41) is 0.789. The highest BCUT2D eigenvalue weighted by atomic mass is 35.5. The number of amides is 1. The van der Waals surface area contributed by atoms with Crippen molar-refractivity contribution in [3.63, 3.8) is 0 Å². The first-order valence-electron chi connectivity index (χ1n) is 6.40. The number of likely N-dealkylation sites (tertiary alicyclic amines) is 1. The van der Waals surface area contributed by atoms with E-state index in [1.165, 1.54) is 5.56 Å². The van der Waals surface area contributed by atoms with Crippen LogP contribution in [0, 0.1) is 0 Å². The van der Waals surface area contributed by atoms with E-state index < -0.39 is 0 Å². The number of halogens is 1. The van der Waals surface area contributed by atoms with Crippen molar-refractivity contribution in [2.75, 3.05) is 19.7 Å². The first-order chi connectivity index (χ1) is 8.74. The Kier molecular flexibility index (Phi) is 3.27. The number of benzene rings is 1. The molecular formula is C14H16ClNO2. The summed E-state index contributed by atoms with van der Waals surface area (Å²) >= 11 is 6.01. The molecule has 0 N–H and O–H groups in total. The van der Waals surface area contributed by atoms with E-state index in [-0.39, 0.29) is 12.0 Å². The summed E-state index contributed by atoms with van der Waals surface area (Å²) in [6, 6.07) is 8.05. The summed E-state index contributed by atoms with van der Waals surface area (Å²) in [7, 11) is 0. The normalized spacial score (nSPS) is 24.1. The van der Waals surface area contributed by atoms with Gasteiger partial charge in [-0.05, 0) is 36.5 Å². The molecule has 2 aliphatic rings. The van der Waals surface area contributed by atoms with E-state index >= 15 is 0 Å². The van der Waals surface area contributed by atoms with Gasteiger partial charge in [0.15, 0.2) is 6.10 Å². The summed E-state index contributed by atoms with van der Waals surface area (Å²) < 4.78 is 5.04. The maximum absolute atomic E-state index is 11.8. The van der Waals surface area contributed by atoms with Crippen LogP contribution in [0.5, 0.6) is 0 Å². The van der Waals surface area contributed by atoms with Crippen LogP contribution in [-0.4, -0.2) is 36.6 Å². The molecule has 0 aliphatic carbocycles. The minimum Gasteiger partial charge on any atom is -0.363 e. The predicted octanol–water partition coefficient (Wildman–Crippen LogP) is 2.44. The number of carbonyl (C=O) groups excluding carboxylic acids is 1. The van der Waals surface area contributed by atoms with Gasteiger partial charge in [-0.3, -0.25) is 4.79 Å². The first-order valence-corrected chi connectivity index (χ1v) is 6.77. The van der Waals surface area contributed by atoms with Crippen LogP contribution >= 0.6 is 11.6 Å². The zero-order chi connectivity index (χ0) is 12.5. The van der Waals surface area contributed by atoms with Gasteiger partial charge in [-0.1, -0.05) is 23.7 Å². The smallest absolute Gasteiger partial charge is 0.254 e. The lowest BCUT2D eigenvalue weighted by Crippen LogP contribution is -2.40. The van der Waals surface area contributed by atoms with E-state index in [4.69, 9.17) is 16.3 Å². The summed E-state index contributed by atoms with van der Waals surface area (Å²) in [6.45, 7) is 2.26. The second-order valence-electron chi connectivity index (χ2n) is 4.98. The maximum atomic E-state index is 11.8. The van der Waals surface area contributed by atoms with Crippen molar-refractivity contribution in [1.29, 1.82) is 0 Å². The van der Waals surface area contributed by atoms with Crippen molar-refractivity contribution in [1.82, 2.24) is 4.90 Å². The lowest BCUT2D eigenvalue weighted by atomic mass is 9.89. The first kappa shape index (κ1) is 12.0. The third-order valence-corrected chi connectivity index (χ3v) is 3.97. The average molecular weight is 266 g/mol. The van der Waals surface area contributed by atoms with Gasteiger partial charge < -0.3 is 9.64 Å². The molecule has 2 fully saturated rings. The number of piperidine rings is 1. The summed E-state index contributed by atoms with van der Waals surface area (Å²) in [6.07, 6.45) is 1.88. The Morgan fingerprint density at radius 3 is 2.67 bits per heavy atom. The van der Waals surface area contributed by atoms with Crippen LogP contribution in [0.4, 0.5) is 0 Å². The molecule has 0 spiro atoms. The minimum atomic E-state index is -0.146. The van der Waals surface area contributed by atoms with Crippen LogP contribution < -0.4 is 0 Å². The van der Waals surface area contributed by atoms with Crippen LogP contribution in [0.3, 0.4) is 0 Å². The van der Waals surface area contributed by atoms with E-state index in [1.54, 1.807) is 0 Å². The second kappa shape index (κ2) is 4.90. The minimum absolute atomic E-state index is 0.146. The Morgan fingerprint density at radius 2 is 2.06 bits per heavy atom. The fourth-order valence-electron chi connectivity index (χ4n) is 2.59. The van der Waals surface area contributed by atoms with Gasteiger partial charge in [-0.15, -0.1) is 0 Å². The molecule has 0 saturated carbocycles. The van der Waals surface area contributed by atoms with Crippen molar-refractivity contribution in [2.24, 2.45) is 0 Å². The Morgan fingerprint density at radius 1 is 1.33 bits per heavy atom. The standard InChI is InChI=1S/C14H16ClNO2/c15-12-3-1-2-11(8-12)10-4-6-16(7-5-10)14(17)13-9-18-13/h1-3,8,10,13H,4-7,9H2. The van der Waals surface area contributed by atoms with E-state index in [0.717, 1.165) is 31.0 Å². The SMILES string of the molecule is O=C(C1CO1)N1CCC(c2cccc(Cl)c2)CC1. The molecule has 0 radical (unpaired) electrons. The molecule has 1 aromatic rings. The van der Waals surface area contributed by atoms with Crippen molar-refractivity contribution in [2.45, 2.75) is 24.9 Å². The number of hydrogen-bond donors (Lipinski definition) is 0. The Hall–Kier alpha value is -1.06. The number of epoxide rings is 1. The number of carbonyl (C=O) groups is 1. The highest BCUT2D eigenvalue weighted by Crippen LogP contribution is 2.30. The van der Waals surface area contributed by atoms with Crippen LogP contribution in [0.1, 0.15) is 24.3 Å². The van der Waals surface area contributed by atoms with Gasteiger partial charge in [-0.25, -0.2) is 0 Å². The van der Waals surface area contributed by atoms with Crippen LogP contribution in [0.15, 0.2) is 24.3 Å². The molecule has 0 aromatic heterocycles. The van der Waals surface area contributed by atoms with Crippen LogP contribution in [0.25, 0.3) is 0 Å². The molecule has 2 heterocycles. The molecule has 1 amide bonds. The van der Waals surface area contributed by atoms with E-state index in [1.807, 2.05) is 23.1 Å². The van der Waals surface area contributed by atoms with Gasteiger partial charge in [0.05, 0.1) is 6.61 Å². The third kappa shape index (κ3) is 2.52. The van der Waals surface area contributed by atoms with E-state index in [9.17, 15) is 4.79 Å². The highest BCUT2D eigenvalue weighted by Gasteiger charge is 2.36. The van der Waals surface area contributed by atoms with Gasteiger partial charge in [-0.2, -0.15) is 0 Å². The molecule has 1 aromatic carbocycles. The van der Waals surface area contributed by atoms with Gasteiger partial charge in [0.1, 0.15) is 0 Å². The second-order valence-corrected chi connectivity index (χ2v) is 5.41. The van der Waals surface area contributed by atoms with Gasteiger partial charge in [0.2, 0.25) is 0 Å². The molecule has 4 heteroatoms. The largest absolute Gasteiger partial charge is 0.363 e. The number of rotatable bonds is 2. The molecule has 0 bridgehead atoms. The lowest BCUT2D eigenvalue weighted by Gasteiger charge is -2.32. The zero-order valence-corrected chi connectivity index (χ0v) is 10.9. The number of hydrogen-bond acceptors (Lipinski definition) is 2. The number of nitrogens with zero attached hydrogens (tertiary/aromatic N) is 1. The van der Waals surface area contributed by atoms with Gasteiger partial charge in [0.25, 0.3) is 5.91 Å². The van der Waals surface area contributed by atoms with Crippen LogP contribution in [-0.2, 0) is 9.53 Å². The molecule has 3 nitrogen and oxygen atoms in total. The fourth-order valence-corrected chi connectivity index (χ4v) is 2.79. The molecule has 1 atom stereocenters. The molecule has 2 saturated heterocycles. The van der Waals surface area contributed by atoms with Crippen molar-refractivity contribution >= 4 is 17.5 Å². The molecule has 2 aliphatic heterocycles. The van der Waals surface area contributed by atoms with Crippen LogP contribution in [0.2, 0.25) is 5.02 Å². The Bertz CT molecular complexity index is 451. The monoisotopic (exact) mass is 265 g/mol. The molecule has 3 rings (SSSR count). The summed E-state index contributed by atoms with van der Waals surface area (Å²) in [4.78, 5) is 13.8. The van der Waals surface area contributed by atoms with Crippen molar-refractivity contribution < 1.29 is 9.53 Å². The van der Waals surface area contributed by atoms with Crippen molar-refractivity contribution in [3.05, 3.63) is 34.9 Å². The van der Waals surface area contributed by atoms with E-state index in [2.05, 4.69) is 6.07 Å². The Balaban J connectivity index is 1.61. The zero-order valence-electron chi connectivity index (χ0n) is 10.1. The predicted molar refractivity (Wildman–Crippen MR) is 69.7 cm³/mol. The third-order valence-electron chi connectivity index (χ3n) is 3.74. The lowest BCUT2D eigenvalue weighted by molar-refractivity contribution is -0.133. The topological polar surface area (TPSA) is 32.8 Å². The molecule has 1 unspecified atom stereocenters. The highest BCUT2D eigenvalue weighted by molar-refractivity contribution is 6.30. The summed E-state index contributed by atoms with van der Waals surface area (Å²) in [5.41, 5.74) is 1.29. The molecular weight excluding hydrogens is 250 g/mol. The quantitative estimate of drug-likeness (QED) is 0.770. The molecule has 96 valence electrons. The van der Waals surface area contributed by atoms with Gasteiger partial charge >= 0.3 is 0 Å². The number of ether oxygens (including phenoxy) is 1. The Labute approximate surface area is 112 Å². The van der Waals surface area contributed by atoms with E-state index in [0.29, 0.717) is 12.5 Å². The molecule has 18 heavy (non-hydrogen) atoms. The van der Waals surface area contributed by atoms with Crippen molar-refractivity contribution in [3.8, 4) is 0 Å². The fraction of sp³-hybridized carbons (Fsp3) is 0.500. The average Bonchev–Trinajstić information content (AvgIpc) is 3.22. The maximum Gasteiger partial charge on any atom is 0.254 e. The van der Waals surface area contributed by atoms with Gasteiger partial charge in [0, 0.05) is 18.1 Å². The summed E-state index contributed by atoms with van der Waals surface area (Å²) in [5.74, 6) is 0.687.